The van der Waals surface area contributed by atoms with Crippen molar-refractivity contribution in [3.63, 3.8) is 0 Å². The molecule has 2 fully saturated rings. The summed E-state index contributed by atoms with van der Waals surface area (Å²) in [6, 6.07) is 10.6. The third-order valence-corrected chi connectivity index (χ3v) is 6.29. The molecule has 2 atom stereocenters. The number of hydrogen-bond acceptors (Lipinski definition) is 3. The number of amides is 2. The lowest BCUT2D eigenvalue weighted by Crippen LogP contribution is -2.55. The van der Waals surface area contributed by atoms with Gasteiger partial charge in [0.05, 0.1) is 0 Å². The van der Waals surface area contributed by atoms with Crippen LogP contribution in [0.4, 0.5) is 0 Å². The van der Waals surface area contributed by atoms with Gasteiger partial charge in [0.25, 0.3) is 11.8 Å². The number of aryl methyl sites for hydroxylation is 1. The van der Waals surface area contributed by atoms with Crippen LogP contribution in [-0.2, 0) is 0 Å². The first-order chi connectivity index (χ1) is 13.4. The Morgan fingerprint density at radius 1 is 1.00 bits per heavy atom. The van der Waals surface area contributed by atoms with Crippen molar-refractivity contribution >= 4 is 23.4 Å². The molecule has 28 heavy (non-hydrogen) atoms. The third kappa shape index (κ3) is 3.76. The molecule has 1 aromatic heterocycles. The summed E-state index contributed by atoms with van der Waals surface area (Å²) in [5.74, 6) is -0.245. The van der Waals surface area contributed by atoms with Gasteiger partial charge in [0.1, 0.15) is 5.69 Å². The van der Waals surface area contributed by atoms with Crippen molar-refractivity contribution in [2.45, 2.75) is 56.5 Å². The van der Waals surface area contributed by atoms with E-state index in [-0.39, 0.29) is 22.9 Å². The number of pyridine rings is 1. The van der Waals surface area contributed by atoms with E-state index in [0.29, 0.717) is 16.3 Å². The standard InChI is InChI=1S/C22H24ClN3O2/c1-15-6-7-18(24-13-15)20(28)26-22-9-3-8-21(14-22,10-11-22)25-19(27)16-4-2-5-17(23)12-16/h2,4-7,12-13H,3,8-11,14H2,1H3,(H,25,27)(H,26,28). The summed E-state index contributed by atoms with van der Waals surface area (Å²) in [5, 5.41) is 7.03. The van der Waals surface area contributed by atoms with Gasteiger partial charge in [0, 0.05) is 27.9 Å². The van der Waals surface area contributed by atoms with Gasteiger partial charge >= 0.3 is 0 Å². The first-order valence-corrected chi connectivity index (χ1v) is 10.1. The topological polar surface area (TPSA) is 71.1 Å². The molecule has 4 rings (SSSR count). The molecule has 2 unspecified atom stereocenters. The Bertz CT molecular complexity index is 914. The number of benzene rings is 1. The molecule has 5 nitrogen and oxygen atoms in total. The predicted molar refractivity (Wildman–Crippen MR) is 109 cm³/mol. The number of rotatable bonds is 4. The maximum absolute atomic E-state index is 12.8. The molecule has 1 aromatic carbocycles. The molecule has 2 aliphatic carbocycles. The highest BCUT2D eigenvalue weighted by atomic mass is 35.5. The maximum Gasteiger partial charge on any atom is 0.270 e. The molecule has 0 saturated heterocycles. The van der Waals surface area contributed by atoms with Crippen molar-refractivity contribution in [2.75, 3.05) is 0 Å². The zero-order valence-corrected chi connectivity index (χ0v) is 16.7. The quantitative estimate of drug-likeness (QED) is 0.817. The van der Waals surface area contributed by atoms with Crippen LogP contribution in [0.1, 0.15) is 64.9 Å². The van der Waals surface area contributed by atoms with Crippen LogP contribution >= 0.6 is 11.6 Å². The van der Waals surface area contributed by atoms with Crippen molar-refractivity contribution in [3.05, 3.63) is 64.4 Å². The summed E-state index contributed by atoms with van der Waals surface area (Å²) in [6.07, 6.45) is 7.01. The molecule has 0 spiro atoms. The van der Waals surface area contributed by atoms with Crippen LogP contribution in [0.15, 0.2) is 42.6 Å². The van der Waals surface area contributed by atoms with Gasteiger partial charge in [-0.25, -0.2) is 0 Å². The molecule has 6 heteroatoms. The number of halogens is 1. The molecule has 0 aliphatic heterocycles. The van der Waals surface area contributed by atoms with E-state index in [0.717, 1.165) is 44.1 Å². The Labute approximate surface area is 169 Å². The van der Waals surface area contributed by atoms with E-state index in [1.165, 1.54) is 0 Å². The summed E-state index contributed by atoms with van der Waals surface area (Å²) in [7, 11) is 0. The largest absolute Gasteiger partial charge is 0.347 e. The van der Waals surface area contributed by atoms with Crippen LogP contribution in [0.25, 0.3) is 0 Å². The first kappa shape index (κ1) is 18.9. The van der Waals surface area contributed by atoms with Gasteiger partial charge in [-0.3, -0.25) is 14.6 Å². The lowest BCUT2D eigenvalue weighted by atomic mass is 9.78. The number of carbonyl (C=O) groups is 2. The minimum absolute atomic E-state index is 0.105. The molecular formula is C22H24ClN3O2. The van der Waals surface area contributed by atoms with Gasteiger partial charge in [-0.1, -0.05) is 23.7 Å². The SMILES string of the molecule is Cc1ccc(C(=O)NC23CCCC(NC(=O)c4cccc(Cl)c4)(CC2)C3)nc1. The van der Waals surface area contributed by atoms with Gasteiger partial charge in [0.2, 0.25) is 0 Å². The van der Waals surface area contributed by atoms with E-state index >= 15 is 0 Å². The fraction of sp³-hybridized carbons (Fsp3) is 0.409. The van der Waals surface area contributed by atoms with E-state index in [4.69, 9.17) is 11.6 Å². The number of carbonyl (C=O) groups excluding carboxylic acids is 2. The highest BCUT2D eigenvalue weighted by molar-refractivity contribution is 6.30. The summed E-state index contributed by atoms with van der Waals surface area (Å²) < 4.78 is 0. The van der Waals surface area contributed by atoms with Crippen molar-refractivity contribution < 1.29 is 9.59 Å². The van der Waals surface area contributed by atoms with Gasteiger partial charge < -0.3 is 10.6 Å². The van der Waals surface area contributed by atoms with Crippen LogP contribution in [0.2, 0.25) is 5.02 Å². The molecule has 2 amide bonds. The van der Waals surface area contributed by atoms with E-state index in [2.05, 4.69) is 15.6 Å². The number of aromatic nitrogens is 1. The fourth-order valence-corrected chi connectivity index (χ4v) is 4.87. The van der Waals surface area contributed by atoms with Crippen LogP contribution < -0.4 is 10.6 Å². The van der Waals surface area contributed by atoms with Crippen molar-refractivity contribution in [1.29, 1.82) is 0 Å². The lowest BCUT2D eigenvalue weighted by Gasteiger charge is -2.40. The molecular weight excluding hydrogens is 374 g/mol. The fourth-order valence-electron chi connectivity index (χ4n) is 4.68. The second kappa shape index (κ2) is 7.21. The molecule has 2 aromatic rings. The molecule has 2 aliphatic rings. The van der Waals surface area contributed by atoms with E-state index in [9.17, 15) is 9.59 Å². The molecule has 0 radical (unpaired) electrons. The van der Waals surface area contributed by atoms with Crippen molar-refractivity contribution in [1.82, 2.24) is 15.6 Å². The first-order valence-electron chi connectivity index (χ1n) is 9.72. The van der Waals surface area contributed by atoms with Crippen molar-refractivity contribution in [3.8, 4) is 0 Å². The Balaban J connectivity index is 1.47. The van der Waals surface area contributed by atoms with Crippen molar-refractivity contribution in [2.24, 2.45) is 0 Å². The summed E-state index contributed by atoms with van der Waals surface area (Å²) in [4.78, 5) is 29.7. The predicted octanol–water partition coefficient (Wildman–Crippen LogP) is 4.05. The number of hydrogen-bond donors (Lipinski definition) is 2. The summed E-state index contributed by atoms with van der Waals surface area (Å²) >= 11 is 6.02. The molecule has 2 saturated carbocycles. The zero-order valence-electron chi connectivity index (χ0n) is 15.9. The lowest BCUT2D eigenvalue weighted by molar-refractivity contribution is 0.0829. The monoisotopic (exact) mass is 397 g/mol. The van der Waals surface area contributed by atoms with Crippen LogP contribution in [0, 0.1) is 6.92 Å². The van der Waals surface area contributed by atoms with Gasteiger partial charge in [-0.05, 0) is 75.3 Å². The Hall–Kier alpha value is -2.40. The summed E-state index contributed by atoms with van der Waals surface area (Å²) in [5.41, 5.74) is 1.48. The highest BCUT2D eigenvalue weighted by Gasteiger charge is 2.52. The minimum atomic E-state index is -0.274. The molecule has 146 valence electrons. The normalized spacial score (nSPS) is 25.9. The highest BCUT2D eigenvalue weighted by Crippen LogP contribution is 2.48. The van der Waals surface area contributed by atoms with Crippen LogP contribution in [0.5, 0.6) is 0 Å². The molecule has 2 N–H and O–H groups in total. The summed E-state index contributed by atoms with van der Waals surface area (Å²) in [6.45, 7) is 1.95. The van der Waals surface area contributed by atoms with E-state index < -0.39 is 0 Å². The van der Waals surface area contributed by atoms with E-state index in [1.54, 1.807) is 36.5 Å². The average molecular weight is 398 g/mol. The number of fused-ring (bicyclic) bond motifs is 2. The number of nitrogens with zero attached hydrogens (tertiary/aromatic N) is 1. The Morgan fingerprint density at radius 3 is 2.36 bits per heavy atom. The minimum Gasteiger partial charge on any atom is -0.347 e. The average Bonchev–Trinajstić information content (AvgIpc) is 2.92. The zero-order chi connectivity index (χ0) is 19.8. The second-order valence-electron chi connectivity index (χ2n) is 8.23. The molecule has 1 heterocycles. The third-order valence-electron chi connectivity index (χ3n) is 6.06. The van der Waals surface area contributed by atoms with Gasteiger partial charge in [0.15, 0.2) is 0 Å². The second-order valence-corrected chi connectivity index (χ2v) is 8.67. The van der Waals surface area contributed by atoms with Crippen LogP contribution in [0.3, 0.4) is 0 Å². The smallest absolute Gasteiger partial charge is 0.270 e. The molecule has 2 bridgehead atoms. The van der Waals surface area contributed by atoms with E-state index in [1.807, 2.05) is 13.0 Å². The Kier molecular flexibility index (Phi) is 4.88. The maximum atomic E-state index is 12.8. The number of nitrogens with one attached hydrogen (secondary N) is 2. The van der Waals surface area contributed by atoms with Gasteiger partial charge in [-0.2, -0.15) is 0 Å². The van der Waals surface area contributed by atoms with Gasteiger partial charge in [-0.15, -0.1) is 0 Å². The Morgan fingerprint density at radius 2 is 1.71 bits per heavy atom. The van der Waals surface area contributed by atoms with Crippen LogP contribution in [-0.4, -0.2) is 27.9 Å².